The minimum Gasteiger partial charge on any atom is -0.375 e. The molecule has 2 rings (SSSR count). The van der Waals surface area contributed by atoms with Crippen LogP contribution in [0.2, 0.25) is 0 Å². The smallest absolute Gasteiger partial charge is 0.104 e. The topological polar surface area (TPSA) is 34.3 Å². The van der Waals surface area contributed by atoms with E-state index in [1.807, 2.05) is 0 Å². The summed E-state index contributed by atoms with van der Waals surface area (Å²) >= 11 is 5.27. The lowest BCUT2D eigenvalue weighted by molar-refractivity contribution is 0.141. The van der Waals surface area contributed by atoms with Crippen molar-refractivity contribution < 1.29 is 14.2 Å². The van der Waals surface area contributed by atoms with Crippen molar-refractivity contribution in [2.75, 3.05) is 32.3 Å². The SMILES string of the molecule is C=CCOCC1CO1.ClCC1CO1. The molecule has 0 aliphatic carbocycles. The molecule has 2 aliphatic heterocycles. The molecule has 0 spiro atoms. The van der Waals surface area contributed by atoms with Crippen LogP contribution in [0.5, 0.6) is 0 Å². The molecule has 0 aromatic carbocycles. The highest BCUT2D eigenvalue weighted by Gasteiger charge is 2.21. The fourth-order valence-electron chi connectivity index (χ4n) is 0.604. The molecule has 0 amide bonds. The molecule has 76 valence electrons. The number of ether oxygens (including phenoxy) is 3. The highest BCUT2D eigenvalue weighted by molar-refractivity contribution is 6.18. The zero-order valence-electron chi connectivity index (χ0n) is 7.58. The average molecular weight is 207 g/mol. The van der Waals surface area contributed by atoms with E-state index in [-0.39, 0.29) is 0 Å². The summed E-state index contributed by atoms with van der Waals surface area (Å²) < 4.78 is 14.7. The third kappa shape index (κ3) is 7.02. The minimum atomic E-state index is 0.384. The van der Waals surface area contributed by atoms with Gasteiger partial charge in [-0.1, -0.05) is 6.08 Å². The van der Waals surface area contributed by atoms with Crippen molar-refractivity contribution in [3.05, 3.63) is 12.7 Å². The Labute approximate surface area is 83.6 Å². The van der Waals surface area contributed by atoms with Gasteiger partial charge in [0, 0.05) is 0 Å². The summed E-state index contributed by atoms with van der Waals surface area (Å²) in [5.74, 6) is 0.667. The van der Waals surface area contributed by atoms with Crippen LogP contribution in [0.3, 0.4) is 0 Å². The van der Waals surface area contributed by atoms with Gasteiger partial charge in [-0.2, -0.15) is 0 Å². The Morgan fingerprint density at radius 3 is 2.31 bits per heavy atom. The number of epoxide rings is 2. The third-order valence-electron chi connectivity index (χ3n) is 1.52. The Hall–Kier alpha value is -0.0900. The van der Waals surface area contributed by atoms with E-state index in [2.05, 4.69) is 6.58 Å². The van der Waals surface area contributed by atoms with E-state index in [1.165, 1.54) is 0 Å². The Morgan fingerprint density at radius 1 is 1.38 bits per heavy atom. The van der Waals surface area contributed by atoms with Crippen LogP contribution >= 0.6 is 11.6 Å². The van der Waals surface area contributed by atoms with Gasteiger partial charge in [-0.05, 0) is 0 Å². The van der Waals surface area contributed by atoms with E-state index in [1.54, 1.807) is 6.08 Å². The molecular formula is C9H15ClO3. The van der Waals surface area contributed by atoms with E-state index in [0.29, 0.717) is 24.7 Å². The molecule has 0 saturated carbocycles. The number of alkyl halides is 1. The van der Waals surface area contributed by atoms with Gasteiger partial charge < -0.3 is 14.2 Å². The van der Waals surface area contributed by atoms with Crippen LogP contribution in [0.25, 0.3) is 0 Å². The predicted octanol–water partition coefficient (Wildman–Crippen LogP) is 1.21. The lowest BCUT2D eigenvalue weighted by atomic mass is 10.5. The van der Waals surface area contributed by atoms with E-state index < -0.39 is 0 Å². The van der Waals surface area contributed by atoms with Gasteiger partial charge in [0.2, 0.25) is 0 Å². The Balaban J connectivity index is 0.000000145. The summed E-state index contributed by atoms with van der Waals surface area (Å²) in [6, 6.07) is 0. The maximum absolute atomic E-state index is 5.27. The van der Waals surface area contributed by atoms with Gasteiger partial charge in [0.1, 0.15) is 6.10 Å². The first-order chi connectivity index (χ1) is 6.36. The zero-order chi connectivity index (χ0) is 9.52. The highest BCUT2D eigenvalue weighted by atomic mass is 35.5. The Morgan fingerprint density at radius 2 is 2.00 bits per heavy atom. The molecule has 2 fully saturated rings. The standard InChI is InChI=1S/C6H10O2.C3H5ClO/c1-2-3-7-4-6-5-8-6;4-1-3-2-5-3/h2,6H,1,3-5H2;3H,1-2H2. The quantitative estimate of drug-likeness (QED) is 0.294. The van der Waals surface area contributed by atoms with Crippen LogP contribution in [0.1, 0.15) is 0 Å². The summed E-state index contributed by atoms with van der Waals surface area (Å²) in [5, 5.41) is 0. The van der Waals surface area contributed by atoms with E-state index in [4.69, 9.17) is 25.8 Å². The maximum Gasteiger partial charge on any atom is 0.104 e. The van der Waals surface area contributed by atoms with Crippen molar-refractivity contribution in [2.24, 2.45) is 0 Å². The minimum absolute atomic E-state index is 0.384. The molecule has 4 heteroatoms. The first-order valence-electron chi connectivity index (χ1n) is 4.34. The lowest BCUT2D eigenvalue weighted by Gasteiger charge is -1.92. The maximum atomic E-state index is 5.27. The van der Waals surface area contributed by atoms with Gasteiger partial charge in [-0.3, -0.25) is 0 Å². The highest BCUT2D eigenvalue weighted by Crippen LogP contribution is 2.08. The summed E-state index contributed by atoms with van der Waals surface area (Å²) in [4.78, 5) is 0. The largest absolute Gasteiger partial charge is 0.375 e. The van der Waals surface area contributed by atoms with Gasteiger partial charge in [0.25, 0.3) is 0 Å². The molecule has 0 aromatic heterocycles. The van der Waals surface area contributed by atoms with Gasteiger partial charge in [0.05, 0.1) is 38.4 Å². The summed E-state index contributed by atoms with van der Waals surface area (Å²) in [6.07, 6.45) is 2.52. The summed E-state index contributed by atoms with van der Waals surface area (Å²) in [5.41, 5.74) is 0. The molecule has 2 heterocycles. The Bertz CT molecular complexity index is 144. The van der Waals surface area contributed by atoms with Gasteiger partial charge in [-0.25, -0.2) is 0 Å². The average Bonchev–Trinajstić information content (AvgIpc) is 3.02. The first-order valence-corrected chi connectivity index (χ1v) is 4.88. The molecule has 2 atom stereocenters. The van der Waals surface area contributed by atoms with Crippen molar-refractivity contribution in [1.82, 2.24) is 0 Å². The number of hydrogen-bond donors (Lipinski definition) is 0. The molecule has 2 saturated heterocycles. The van der Waals surface area contributed by atoms with Gasteiger partial charge in [-0.15, -0.1) is 18.2 Å². The van der Waals surface area contributed by atoms with Crippen molar-refractivity contribution in [3.8, 4) is 0 Å². The third-order valence-corrected chi connectivity index (χ3v) is 1.86. The van der Waals surface area contributed by atoms with Gasteiger partial charge in [0.15, 0.2) is 0 Å². The van der Waals surface area contributed by atoms with Crippen LogP contribution in [-0.2, 0) is 14.2 Å². The van der Waals surface area contributed by atoms with Gasteiger partial charge >= 0.3 is 0 Å². The number of rotatable bonds is 5. The molecule has 2 aliphatic rings. The summed E-state index contributed by atoms with van der Waals surface area (Å²) in [7, 11) is 0. The van der Waals surface area contributed by atoms with Crippen molar-refractivity contribution in [1.29, 1.82) is 0 Å². The predicted molar refractivity (Wildman–Crippen MR) is 51.2 cm³/mol. The normalized spacial score (nSPS) is 28.7. The van der Waals surface area contributed by atoms with Crippen LogP contribution in [0.15, 0.2) is 12.7 Å². The molecule has 0 radical (unpaired) electrons. The molecule has 0 N–H and O–H groups in total. The fourth-order valence-corrected chi connectivity index (χ4v) is 0.782. The zero-order valence-corrected chi connectivity index (χ0v) is 8.33. The van der Waals surface area contributed by atoms with E-state index in [0.717, 1.165) is 19.8 Å². The molecule has 2 unspecified atom stereocenters. The molecule has 0 aromatic rings. The van der Waals surface area contributed by atoms with Crippen molar-refractivity contribution in [3.63, 3.8) is 0 Å². The van der Waals surface area contributed by atoms with Crippen LogP contribution in [0.4, 0.5) is 0 Å². The second kappa shape index (κ2) is 6.38. The van der Waals surface area contributed by atoms with Crippen LogP contribution in [0, 0.1) is 0 Å². The van der Waals surface area contributed by atoms with E-state index >= 15 is 0 Å². The molecule has 0 bridgehead atoms. The van der Waals surface area contributed by atoms with Crippen LogP contribution < -0.4 is 0 Å². The Kier molecular flexibility index (Phi) is 5.39. The summed E-state index contributed by atoms with van der Waals surface area (Å²) in [6.45, 7) is 6.63. The molecular weight excluding hydrogens is 192 g/mol. The van der Waals surface area contributed by atoms with E-state index in [9.17, 15) is 0 Å². The number of hydrogen-bond acceptors (Lipinski definition) is 3. The fraction of sp³-hybridized carbons (Fsp3) is 0.778. The second-order valence-corrected chi connectivity index (χ2v) is 3.20. The van der Waals surface area contributed by atoms with Crippen molar-refractivity contribution in [2.45, 2.75) is 12.2 Å². The van der Waals surface area contributed by atoms with Crippen molar-refractivity contribution >= 4 is 11.6 Å². The monoisotopic (exact) mass is 206 g/mol. The lowest BCUT2D eigenvalue weighted by Crippen LogP contribution is -2.00. The van der Waals surface area contributed by atoms with Crippen LogP contribution in [-0.4, -0.2) is 44.5 Å². The molecule has 13 heavy (non-hydrogen) atoms. The first kappa shape index (κ1) is 11.0. The second-order valence-electron chi connectivity index (χ2n) is 2.89. The molecule has 3 nitrogen and oxygen atoms in total. The number of halogens is 1.